The lowest BCUT2D eigenvalue weighted by Crippen LogP contribution is -2.57. The van der Waals surface area contributed by atoms with Crippen LogP contribution in [0, 0.1) is 3.57 Å². The first-order chi connectivity index (χ1) is 18.7. The van der Waals surface area contributed by atoms with E-state index in [0.717, 1.165) is 25.7 Å². The second kappa shape index (κ2) is 14.8. The van der Waals surface area contributed by atoms with Gasteiger partial charge in [0.25, 0.3) is 0 Å². The predicted molar refractivity (Wildman–Crippen MR) is 152 cm³/mol. The number of aliphatic hydroxyl groups excluding tert-OH is 2. The van der Waals surface area contributed by atoms with Crippen molar-refractivity contribution in [3.05, 3.63) is 32.9 Å². The molecule has 0 aromatic heterocycles. The summed E-state index contributed by atoms with van der Waals surface area (Å²) in [5.74, 6) is 0.0376. The Morgan fingerprint density at radius 3 is 2.54 bits per heavy atom. The van der Waals surface area contributed by atoms with E-state index in [0.29, 0.717) is 45.3 Å². The quantitative estimate of drug-likeness (QED) is 0.217. The van der Waals surface area contributed by atoms with E-state index in [1.165, 1.54) is 20.1 Å². The van der Waals surface area contributed by atoms with Crippen molar-refractivity contribution >= 4 is 46.5 Å². The van der Waals surface area contributed by atoms with Crippen LogP contribution in [0.3, 0.4) is 0 Å². The van der Waals surface area contributed by atoms with Crippen LogP contribution >= 0.6 is 22.6 Å². The fourth-order valence-electron chi connectivity index (χ4n) is 5.27. The highest BCUT2D eigenvalue weighted by Gasteiger charge is 2.43. The minimum absolute atomic E-state index is 0.0105. The lowest BCUT2D eigenvalue weighted by molar-refractivity contribution is -0.142. The summed E-state index contributed by atoms with van der Waals surface area (Å²) in [6.45, 7) is 1.32. The highest BCUT2D eigenvalue weighted by molar-refractivity contribution is 14.1. The average molecular weight is 657 g/mol. The second-order valence-corrected chi connectivity index (χ2v) is 11.1. The van der Waals surface area contributed by atoms with Crippen molar-refractivity contribution in [1.82, 2.24) is 10.2 Å². The van der Waals surface area contributed by atoms with Crippen LogP contribution in [-0.2, 0) is 14.4 Å². The fraction of sp³-hybridized carbons (Fsp3) is 0.571. The van der Waals surface area contributed by atoms with Crippen LogP contribution in [0.2, 0.25) is 0 Å². The van der Waals surface area contributed by atoms with Gasteiger partial charge in [-0.1, -0.05) is 12.8 Å². The number of halogens is 1. The second-order valence-electron chi connectivity index (χ2n) is 9.96. The number of nitrogens with one attached hydrogen (secondary N) is 1. The molecular weight excluding hydrogens is 619 g/mol. The molecule has 3 N–H and O–H groups in total. The number of rotatable bonds is 13. The van der Waals surface area contributed by atoms with E-state index in [9.17, 15) is 29.4 Å². The molecule has 214 valence electrons. The van der Waals surface area contributed by atoms with Gasteiger partial charge in [0.15, 0.2) is 11.5 Å². The number of benzene rings is 1. The molecule has 10 nitrogen and oxygen atoms in total. The maximum absolute atomic E-state index is 13.6. The van der Waals surface area contributed by atoms with E-state index in [1.54, 1.807) is 17.0 Å². The summed E-state index contributed by atoms with van der Waals surface area (Å²) >= 11 is 2.01. The van der Waals surface area contributed by atoms with Gasteiger partial charge in [-0.15, -0.1) is 0 Å². The summed E-state index contributed by atoms with van der Waals surface area (Å²) in [7, 11) is 1.44. The summed E-state index contributed by atoms with van der Waals surface area (Å²) < 4.78 is 12.3. The van der Waals surface area contributed by atoms with Crippen LogP contribution in [-0.4, -0.2) is 83.5 Å². The number of carbonyl (C=O) groups is 4. The summed E-state index contributed by atoms with van der Waals surface area (Å²) in [4.78, 5) is 51.1. The monoisotopic (exact) mass is 656 g/mol. The molecule has 1 aromatic rings. The zero-order valence-electron chi connectivity index (χ0n) is 22.4. The number of aldehydes is 1. The standard InChI is InChI=1S/C28H37IN2O8/c1-17(34)6-5-9-25(35)31(20-7-3-4-8-20)22-14-19(28(37)30-10-11-32)15-23(26(22)36)39-27-21(29)12-18(16-33)13-24(27)38-2/h12-13,15-16,20,22-23,26,32,36H,3-11,14H2,1-2H3,(H,30,37)/t22-,23+,26+/m1/s1. The van der Waals surface area contributed by atoms with E-state index in [1.807, 2.05) is 22.6 Å². The third-order valence-corrected chi connectivity index (χ3v) is 7.94. The van der Waals surface area contributed by atoms with Crippen LogP contribution in [0.15, 0.2) is 23.8 Å². The highest BCUT2D eigenvalue weighted by Crippen LogP contribution is 2.38. The van der Waals surface area contributed by atoms with Crippen LogP contribution in [0.5, 0.6) is 11.5 Å². The number of ether oxygens (including phenoxy) is 2. The Bertz CT molecular complexity index is 1090. The Morgan fingerprint density at radius 1 is 1.21 bits per heavy atom. The lowest BCUT2D eigenvalue weighted by atomic mass is 9.87. The first-order valence-electron chi connectivity index (χ1n) is 13.3. The van der Waals surface area contributed by atoms with Crippen LogP contribution < -0.4 is 14.8 Å². The van der Waals surface area contributed by atoms with E-state index >= 15 is 0 Å². The maximum Gasteiger partial charge on any atom is 0.247 e. The van der Waals surface area contributed by atoms with Gasteiger partial charge in [0.05, 0.1) is 23.3 Å². The zero-order valence-corrected chi connectivity index (χ0v) is 24.5. The Morgan fingerprint density at radius 2 is 1.92 bits per heavy atom. The Balaban J connectivity index is 1.98. The Kier molecular flexibility index (Phi) is 11.7. The number of methoxy groups -OCH3 is 1. The van der Waals surface area contributed by atoms with Crippen molar-refractivity contribution < 1.29 is 38.9 Å². The van der Waals surface area contributed by atoms with E-state index < -0.39 is 24.2 Å². The molecule has 0 unspecified atom stereocenters. The van der Waals surface area contributed by atoms with Crippen molar-refractivity contribution in [2.24, 2.45) is 0 Å². The summed E-state index contributed by atoms with van der Waals surface area (Å²) in [5.41, 5.74) is 0.732. The van der Waals surface area contributed by atoms with Crippen LogP contribution in [0.1, 0.15) is 68.6 Å². The van der Waals surface area contributed by atoms with E-state index in [4.69, 9.17) is 9.47 Å². The molecule has 11 heteroatoms. The molecule has 0 aliphatic heterocycles. The molecule has 1 fully saturated rings. The van der Waals surface area contributed by atoms with Crippen LogP contribution in [0.4, 0.5) is 0 Å². The Labute approximate surface area is 242 Å². The fourth-order valence-corrected chi connectivity index (χ4v) is 6.02. The minimum atomic E-state index is -1.16. The number of ketones is 1. The third-order valence-electron chi connectivity index (χ3n) is 7.14. The number of Topliss-reactive ketones (excluding diaryl/α,β-unsaturated/α-hetero) is 1. The molecular formula is C28H37IN2O8. The van der Waals surface area contributed by atoms with Gasteiger partial charge in [0, 0.05) is 43.0 Å². The molecule has 0 radical (unpaired) electrons. The molecule has 0 spiro atoms. The van der Waals surface area contributed by atoms with E-state index in [-0.39, 0.29) is 43.7 Å². The molecule has 3 atom stereocenters. The lowest BCUT2D eigenvalue weighted by Gasteiger charge is -2.43. The largest absolute Gasteiger partial charge is 0.493 e. The van der Waals surface area contributed by atoms with Crippen molar-refractivity contribution in [2.75, 3.05) is 20.3 Å². The summed E-state index contributed by atoms with van der Waals surface area (Å²) in [5, 5.41) is 23.5. The van der Waals surface area contributed by atoms with E-state index in [2.05, 4.69) is 5.32 Å². The van der Waals surface area contributed by atoms with Crippen molar-refractivity contribution in [2.45, 2.75) is 82.6 Å². The summed E-state index contributed by atoms with van der Waals surface area (Å²) in [6.07, 6.45) is 4.58. The van der Waals surface area contributed by atoms with Gasteiger partial charge >= 0.3 is 0 Å². The van der Waals surface area contributed by atoms with Gasteiger partial charge in [-0.05, 0) is 67.0 Å². The van der Waals surface area contributed by atoms with Gasteiger partial charge in [-0.25, -0.2) is 0 Å². The first kappa shape index (κ1) is 31.0. The van der Waals surface area contributed by atoms with Crippen molar-refractivity contribution in [3.63, 3.8) is 0 Å². The number of carbonyl (C=O) groups excluding carboxylic acids is 4. The SMILES string of the molecule is COc1cc(C=O)cc(I)c1O[C@H]1C=C(C(=O)NCCO)C[C@@H](N(C(=O)CCCC(C)=O)C2CCCC2)[C@@H]1O. The Hall–Kier alpha value is -2.51. The van der Waals surface area contributed by atoms with Gasteiger partial charge in [-0.2, -0.15) is 0 Å². The predicted octanol–water partition coefficient (Wildman–Crippen LogP) is 2.56. The number of nitrogens with zero attached hydrogens (tertiary/aromatic N) is 1. The molecule has 1 aromatic carbocycles. The number of hydrogen-bond donors (Lipinski definition) is 3. The van der Waals surface area contributed by atoms with Crippen LogP contribution in [0.25, 0.3) is 0 Å². The van der Waals surface area contributed by atoms with Gasteiger partial charge in [0.2, 0.25) is 11.8 Å². The average Bonchev–Trinajstić information content (AvgIpc) is 3.44. The molecule has 1 saturated carbocycles. The molecule has 2 amide bonds. The third kappa shape index (κ3) is 8.01. The molecule has 2 aliphatic carbocycles. The molecule has 0 bridgehead atoms. The molecule has 0 heterocycles. The van der Waals surface area contributed by atoms with Crippen molar-refractivity contribution in [1.29, 1.82) is 0 Å². The topological polar surface area (TPSA) is 142 Å². The summed E-state index contributed by atoms with van der Waals surface area (Å²) in [6, 6.07) is 2.33. The van der Waals surface area contributed by atoms with Gasteiger partial charge in [-0.3, -0.25) is 14.4 Å². The minimum Gasteiger partial charge on any atom is -0.493 e. The van der Waals surface area contributed by atoms with Gasteiger partial charge < -0.3 is 34.7 Å². The molecule has 3 rings (SSSR count). The number of hydrogen-bond acceptors (Lipinski definition) is 8. The number of amides is 2. The maximum atomic E-state index is 13.6. The zero-order chi connectivity index (χ0) is 28.5. The van der Waals surface area contributed by atoms with Gasteiger partial charge in [0.1, 0.15) is 24.3 Å². The smallest absolute Gasteiger partial charge is 0.247 e. The molecule has 0 saturated heterocycles. The van der Waals surface area contributed by atoms with Crippen molar-refractivity contribution in [3.8, 4) is 11.5 Å². The first-order valence-corrected chi connectivity index (χ1v) is 14.4. The molecule has 2 aliphatic rings. The normalized spacial score (nSPS) is 21.2. The highest BCUT2D eigenvalue weighted by atomic mass is 127. The number of aliphatic hydroxyl groups is 2. The molecule has 39 heavy (non-hydrogen) atoms.